The van der Waals surface area contributed by atoms with Crippen LogP contribution in [0.15, 0.2) is 36.4 Å². The Labute approximate surface area is 152 Å². The summed E-state index contributed by atoms with van der Waals surface area (Å²) in [5, 5.41) is 0. The predicted molar refractivity (Wildman–Crippen MR) is 102 cm³/mol. The highest BCUT2D eigenvalue weighted by Gasteiger charge is 2.59. The smallest absolute Gasteiger partial charge is 0.239 e. The van der Waals surface area contributed by atoms with Gasteiger partial charge in [0.25, 0.3) is 0 Å². The molecule has 0 saturated carbocycles. The molecule has 140 valence electrons. The number of benzene rings is 1. The Morgan fingerprint density at radius 1 is 1.00 bits per heavy atom. The second kappa shape index (κ2) is 8.75. The summed E-state index contributed by atoms with van der Waals surface area (Å²) in [6.45, 7) is 9.06. The van der Waals surface area contributed by atoms with E-state index in [4.69, 9.17) is 13.8 Å². The highest BCUT2D eigenvalue weighted by molar-refractivity contribution is 7.59. The number of unbranched alkanes of at least 4 members (excludes halogenated alkanes) is 2. The van der Waals surface area contributed by atoms with E-state index < -0.39 is 19.1 Å². The molecule has 1 fully saturated rings. The van der Waals surface area contributed by atoms with Gasteiger partial charge >= 0.3 is 0 Å². The van der Waals surface area contributed by atoms with Crippen LogP contribution >= 0.6 is 7.94 Å². The Kier molecular flexibility index (Phi) is 7.19. The molecule has 0 bridgehead atoms. The fourth-order valence-corrected chi connectivity index (χ4v) is 5.27. The zero-order valence-electron chi connectivity index (χ0n) is 15.9. The van der Waals surface area contributed by atoms with Crippen LogP contribution in [0, 0.1) is 0 Å². The largest absolute Gasteiger partial charge is 0.631 e. The zero-order chi connectivity index (χ0) is 18.4. The minimum Gasteiger partial charge on any atom is -0.631 e. The molecule has 0 atom stereocenters. The fraction of sp³-hybridized carbons (Fsp3) is 0.600. The number of rotatable bonds is 9. The third-order valence-corrected chi connectivity index (χ3v) is 7.06. The summed E-state index contributed by atoms with van der Waals surface area (Å²) in [5.74, 6) is 0. The first-order valence-corrected chi connectivity index (χ1v) is 10.8. The van der Waals surface area contributed by atoms with Crippen LogP contribution in [0.1, 0.15) is 52.5 Å². The van der Waals surface area contributed by atoms with Crippen molar-refractivity contribution in [2.24, 2.45) is 0 Å². The second-order valence-electron chi connectivity index (χ2n) is 7.49. The van der Waals surface area contributed by atoms with Crippen LogP contribution in [-0.4, -0.2) is 30.6 Å². The molecule has 0 aromatic heterocycles. The van der Waals surface area contributed by atoms with Crippen molar-refractivity contribution >= 4 is 14.0 Å². The van der Waals surface area contributed by atoms with E-state index in [9.17, 15) is 4.89 Å². The summed E-state index contributed by atoms with van der Waals surface area (Å²) < 4.78 is 17.1. The van der Waals surface area contributed by atoms with E-state index in [0.717, 1.165) is 19.3 Å². The van der Waals surface area contributed by atoms with Crippen molar-refractivity contribution in [1.29, 1.82) is 0 Å². The van der Waals surface area contributed by atoms with Crippen LogP contribution in [0.5, 0.6) is 0 Å². The van der Waals surface area contributed by atoms with E-state index in [0.29, 0.717) is 19.4 Å². The number of hydrogen-bond acceptors (Lipinski definition) is 4. The second-order valence-corrected chi connectivity index (χ2v) is 9.52. The summed E-state index contributed by atoms with van der Waals surface area (Å²) in [5.41, 5.74) is 0.145. The fourth-order valence-electron chi connectivity index (χ4n) is 2.61. The normalized spacial score (nSPS) is 21.0. The number of hydrogen-bond donors (Lipinski definition) is 0. The lowest BCUT2D eigenvalue weighted by atomic mass is 9.90. The van der Waals surface area contributed by atoms with E-state index >= 15 is 0 Å². The summed E-state index contributed by atoms with van der Waals surface area (Å²) in [7, 11) is -2.97. The van der Waals surface area contributed by atoms with Crippen molar-refractivity contribution in [2.75, 3.05) is 19.4 Å². The maximum absolute atomic E-state index is 12.7. The Hall–Kier alpha value is -0.770. The lowest BCUT2D eigenvalue weighted by Crippen LogP contribution is -2.41. The van der Waals surface area contributed by atoms with E-state index in [2.05, 4.69) is 18.2 Å². The minimum atomic E-state index is -2.97. The first-order valence-electron chi connectivity index (χ1n) is 9.04. The molecule has 25 heavy (non-hydrogen) atoms. The van der Waals surface area contributed by atoms with Gasteiger partial charge in [-0.3, -0.25) is 0 Å². The van der Waals surface area contributed by atoms with Gasteiger partial charge in [-0.2, -0.15) is 0 Å². The minimum absolute atomic E-state index is 0.480. The number of ether oxygens (including phenoxy) is 1. The molecule has 1 aliphatic rings. The van der Waals surface area contributed by atoms with Gasteiger partial charge in [0.1, 0.15) is 17.4 Å². The molecule has 2 rings (SSSR count). The van der Waals surface area contributed by atoms with Crippen molar-refractivity contribution < 1.29 is 18.7 Å². The summed E-state index contributed by atoms with van der Waals surface area (Å²) in [4.78, 5) is 12.7. The van der Waals surface area contributed by atoms with Gasteiger partial charge in [0, 0.05) is 6.61 Å². The topological polar surface area (TPSA) is 50.8 Å². The van der Waals surface area contributed by atoms with Crippen LogP contribution in [0.2, 0.25) is 0 Å². The Bertz CT molecular complexity index is 538. The SMILES string of the molecule is CC1(C)O[P+]([O-])(CCCCCOC/C=C/c2ccccc2)OC1(C)C. The van der Waals surface area contributed by atoms with Crippen LogP contribution in [0.4, 0.5) is 0 Å². The van der Waals surface area contributed by atoms with Gasteiger partial charge in [-0.15, -0.1) is 0 Å². The maximum atomic E-state index is 12.7. The van der Waals surface area contributed by atoms with Crippen molar-refractivity contribution in [3.63, 3.8) is 0 Å². The van der Waals surface area contributed by atoms with E-state index in [1.54, 1.807) is 0 Å². The third-order valence-electron chi connectivity index (χ3n) is 4.73. The monoisotopic (exact) mass is 366 g/mol. The molecule has 4 nitrogen and oxygen atoms in total. The molecule has 5 heteroatoms. The van der Waals surface area contributed by atoms with Gasteiger partial charge in [0.15, 0.2) is 0 Å². The quantitative estimate of drug-likeness (QED) is 0.473. The first kappa shape index (κ1) is 20.5. The van der Waals surface area contributed by atoms with Gasteiger partial charge < -0.3 is 9.63 Å². The van der Waals surface area contributed by atoms with Gasteiger partial charge in [0.05, 0.1) is 6.61 Å². The molecule has 1 aromatic carbocycles. The van der Waals surface area contributed by atoms with Gasteiger partial charge in [0.2, 0.25) is 7.94 Å². The van der Waals surface area contributed by atoms with Gasteiger partial charge in [-0.1, -0.05) is 42.5 Å². The molecule has 0 radical (unpaired) electrons. The van der Waals surface area contributed by atoms with Crippen LogP contribution < -0.4 is 4.89 Å². The average molecular weight is 366 g/mol. The van der Waals surface area contributed by atoms with Gasteiger partial charge in [-0.25, -0.2) is 9.05 Å². The van der Waals surface area contributed by atoms with Crippen LogP contribution in [-0.2, 0) is 13.8 Å². The standard InChI is InChI=1S/C20H31O4P/c1-19(2)20(3,4)24-25(21,23-19)17-10-6-9-15-22-16-11-14-18-12-7-5-8-13-18/h5,7-8,11-14H,6,9-10,15-17H2,1-4H3/b14-11+. The third kappa shape index (κ3) is 6.16. The molecule has 0 spiro atoms. The Balaban J connectivity index is 1.55. The van der Waals surface area contributed by atoms with E-state index in [-0.39, 0.29) is 0 Å². The van der Waals surface area contributed by atoms with Crippen molar-refractivity contribution in [3.8, 4) is 0 Å². The molecule has 0 aliphatic carbocycles. The molecule has 1 heterocycles. The molecular formula is C20H31O4P. The Morgan fingerprint density at radius 2 is 1.64 bits per heavy atom. The van der Waals surface area contributed by atoms with E-state index in [1.165, 1.54) is 5.56 Å². The van der Waals surface area contributed by atoms with Crippen LogP contribution in [0.3, 0.4) is 0 Å². The van der Waals surface area contributed by atoms with Crippen molar-refractivity contribution in [2.45, 2.75) is 58.2 Å². The molecule has 0 N–H and O–H groups in total. The molecule has 1 saturated heterocycles. The molecular weight excluding hydrogens is 335 g/mol. The first-order chi connectivity index (χ1) is 11.7. The zero-order valence-corrected chi connectivity index (χ0v) is 16.8. The van der Waals surface area contributed by atoms with Crippen molar-refractivity contribution in [3.05, 3.63) is 42.0 Å². The lowest BCUT2D eigenvalue weighted by molar-refractivity contribution is -0.212. The lowest BCUT2D eigenvalue weighted by Gasteiger charge is -2.25. The van der Waals surface area contributed by atoms with Gasteiger partial charge in [-0.05, 0) is 52.5 Å². The average Bonchev–Trinajstić information content (AvgIpc) is 2.69. The predicted octanol–water partition coefficient (Wildman–Crippen LogP) is 4.61. The van der Waals surface area contributed by atoms with Crippen LogP contribution in [0.25, 0.3) is 6.08 Å². The van der Waals surface area contributed by atoms with E-state index in [1.807, 2.05) is 52.0 Å². The molecule has 1 aromatic rings. The highest BCUT2D eigenvalue weighted by Crippen LogP contribution is 2.67. The van der Waals surface area contributed by atoms with Crippen molar-refractivity contribution in [1.82, 2.24) is 0 Å². The molecule has 0 amide bonds. The Morgan fingerprint density at radius 3 is 2.28 bits per heavy atom. The summed E-state index contributed by atoms with van der Waals surface area (Å²) in [6, 6.07) is 10.2. The summed E-state index contributed by atoms with van der Waals surface area (Å²) >= 11 is 0. The molecule has 0 unspecified atom stereocenters. The highest BCUT2D eigenvalue weighted by atomic mass is 31.2. The maximum Gasteiger partial charge on any atom is 0.239 e. The molecule has 1 aliphatic heterocycles. The summed E-state index contributed by atoms with van der Waals surface area (Å²) in [6.07, 6.45) is 7.30.